The number of carbonyl (C=O) groups excluding carboxylic acids is 3. The van der Waals surface area contributed by atoms with E-state index in [2.05, 4.69) is 5.32 Å². The van der Waals surface area contributed by atoms with Crippen LogP contribution in [0, 0.1) is 13.8 Å². The van der Waals surface area contributed by atoms with Crippen LogP contribution in [0.5, 0.6) is 0 Å². The SMILES string of the molecule is Cc1ccc(C(=O)CCC(=O)N(C)CC(=O)NCc2ccco2)cc1C. The maximum Gasteiger partial charge on any atom is 0.239 e. The molecule has 1 aromatic carbocycles. The number of nitrogens with zero attached hydrogens (tertiary/aromatic N) is 1. The minimum Gasteiger partial charge on any atom is -0.467 e. The van der Waals surface area contributed by atoms with Crippen molar-refractivity contribution in [3.05, 3.63) is 59.0 Å². The van der Waals surface area contributed by atoms with Crippen LogP contribution in [-0.4, -0.2) is 36.1 Å². The molecule has 1 aromatic heterocycles. The van der Waals surface area contributed by atoms with Crippen LogP contribution in [0.1, 0.15) is 40.1 Å². The smallest absolute Gasteiger partial charge is 0.239 e. The van der Waals surface area contributed by atoms with Gasteiger partial charge in [-0.1, -0.05) is 12.1 Å². The van der Waals surface area contributed by atoms with Gasteiger partial charge in [-0.2, -0.15) is 0 Å². The second-order valence-corrected chi connectivity index (χ2v) is 6.33. The third kappa shape index (κ3) is 5.58. The Kier molecular flexibility index (Phi) is 6.72. The van der Waals surface area contributed by atoms with Gasteiger partial charge < -0.3 is 14.6 Å². The van der Waals surface area contributed by atoms with E-state index < -0.39 is 0 Å². The molecule has 2 rings (SSSR count). The maximum atomic E-state index is 12.2. The standard InChI is InChI=1S/C20H24N2O4/c1-14-6-7-16(11-15(14)2)18(23)8-9-20(25)22(3)13-19(24)21-12-17-5-4-10-26-17/h4-7,10-11H,8-9,12-13H2,1-3H3,(H,21,24). The van der Waals surface area contributed by atoms with Gasteiger partial charge in [-0.15, -0.1) is 0 Å². The van der Waals surface area contributed by atoms with Gasteiger partial charge in [0.1, 0.15) is 5.76 Å². The largest absolute Gasteiger partial charge is 0.467 e. The first-order valence-electron chi connectivity index (χ1n) is 8.50. The lowest BCUT2D eigenvalue weighted by molar-refractivity contribution is -0.134. The van der Waals surface area contributed by atoms with E-state index in [1.165, 1.54) is 11.2 Å². The Morgan fingerprint density at radius 1 is 1.08 bits per heavy atom. The summed E-state index contributed by atoms with van der Waals surface area (Å²) < 4.78 is 5.13. The fourth-order valence-corrected chi connectivity index (χ4v) is 2.43. The summed E-state index contributed by atoms with van der Waals surface area (Å²) in [6.07, 6.45) is 1.73. The van der Waals surface area contributed by atoms with Gasteiger partial charge in [0.25, 0.3) is 0 Å². The van der Waals surface area contributed by atoms with E-state index in [-0.39, 0.29) is 43.5 Å². The number of rotatable bonds is 8. The summed E-state index contributed by atoms with van der Waals surface area (Å²) in [6, 6.07) is 9.02. The summed E-state index contributed by atoms with van der Waals surface area (Å²) >= 11 is 0. The lowest BCUT2D eigenvalue weighted by Gasteiger charge is -2.16. The fourth-order valence-electron chi connectivity index (χ4n) is 2.43. The number of ketones is 1. The van der Waals surface area contributed by atoms with Crippen LogP contribution >= 0.6 is 0 Å². The van der Waals surface area contributed by atoms with Crippen molar-refractivity contribution in [2.45, 2.75) is 33.2 Å². The van der Waals surface area contributed by atoms with Crippen LogP contribution in [0.4, 0.5) is 0 Å². The quantitative estimate of drug-likeness (QED) is 0.738. The molecule has 0 saturated carbocycles. The highest BCUT2D eigenvalue weighted by Gasteiger charge is 2.15. The Morgan fingerprint density at radius 3 is 2.50 bits per heavy atom. The molecule has 138 valence electrons. The average molecular weight is 356 g/mol. The van der Waals surface area contributed by atoms with Gasteiger partial charge in [0, 0.05) is 25.5 Å². The predicted molar refractivity (Wildman–Crippen MR) is 97.7 cm³/mol. The highest BCUT2D eigenvalue weighted by molar-refractivity contribution is 5.98. The highest BCUT2D eigenvalue weighted by Crippen LogP contribution is 2.12. The highest BCUT2D eigenvalue weighted by atomic mass is 16.3. The summed E-state index contributed by atoms with van der Waals surface area (Å²) in [6.45, 7) is 4.15. The van der Waals surface area contributed by atoms with Gasteiger partial charge in [0.15, 0.2) is 5.78 Å². The number of benzene rings is 1. The summed E-state index contributed by atoms with van der Waals surface area (Å²) in [5.41, 5.74) is 2.78. The number of hydrogen-bond acceptors (Lipinski definition) is 4. The monoisotopic (exact) mass is 356 g/mol. The maximum absolute atomic E-state index is 12.2. The molecule has 0 aliphatic heterocycles. The minimum absolute atomic E-state index is 0.0582. The molecule has 1 N–H and O–H groups in total. The summed E-state index contributed by atoms with van der Waals surface area (Å²) in [4.78, 5) is 37.6. The number of amides is 2. The van der Waals surface area contributed by atoms with Gasteiger partial charge in [-0.05, 0) is 43.2 Å². The number of aryl methyl sites for hydroxylation is 2. The van der Waals surface area contributed by atoms with Crippen molar-refractivity contribution >= 4 is 17.6 Å². The molecule has 26 heavy (non-hydrogen) atoms. The lowest BCUT2D eigenvalue weighted by atomic mass is 10.0. The lowest BCUT2D eigenvalue weighted by Crippen LogP contribution is -2.38. The molecule has 0 aliphatic carbocycles. The molecular weight excluding hydrogens is 332 g/mol. The van der Waals surface area contributed by atoms with Crippen molar-refractivity contribution in [3.63, 3.8) is 0 Å². The molecule has 2 amide bonds. The van der Waals surface area contributed by atoms with Gasteiger partial charge in [0.2, 0.25) is 11.8 Å². The predicted octanol–water partition coefficient (Wildman–Crippen LogP) is 2.63. The summed E-state index contributed by atoms with van der Waals surface area (Å²) in [5.74, 6) is 0.0523. The van der Waals surface area contributed by atoms with Gasteiger partial charge in [-0.25, -0.2) is 0 Å². The molecular formula is C20H24N2O4. The molecule has 0 atom stereocenters. The second-order valence-electron chi connectivity index (χ2n) is 6.33. The summed E-state index contributed by atoms with van der Waals surface area (Å²) in [5, 5.41) is 2.68. The number of likely N-dealkylation sites (N-methyl/N-ethyl adjacent to an activating group) is 1. The zero-order chi connectivity index (χ0) is 19.1. The van der Waals surface area contributed by atoms with Crippen molar-refractivity contribution in [3.8, 4) is 0 Å². The number of furan rings is 1. The van der Waals surface area contributed by atoms with Crippen LogP contribution in [-0.2, 0) is 16.1 Å². The fraction of sp³-hybridized carbons (Fsp3) is 0.350. The van der Waals surface area contributed by atoms with E-state index in [1.807, 2.05) is 26.0 Å². The Balaban J connectivity index is 1.76. The molecule has 2 aromatic rings. The second kappa shape index (κ2) is 8.99. The van der Waals surface area contributed by atoms with Crippen molar-refractivity contribution in [1.82, 2.24) is 10.2 Å². The zero-order valence-electron chi connectivity index (χ0n) is 15.4. The Labute approximate surface area is 153 Å². The topological polar surface area (TPSA) is 79.6 Å². The van der Waals surface area contributed by atoms with E-state index in [9.17, 15) is 14.4 Å². The number of Topliss-reactive ketones (excluding diaryl/α,β-unsaturated/α-hetero) is 1. The van der Waals surface area contributed by atoms with Crippen LogP contribution in [0.25, 0.3) is 0 Å². The zero-order valence-corrected chi connectivity index (χ0v) is 15.4. The van der Waals surface area contributed by atoms with Crippen molar-refractivity contribution < 1.29 is 18.8 Å². The van der Waals surface area contributed by atoms with Crippen molar-refractivity contribution in [1.29, 1.82) is 0 Å². The first kappa shape index (κ1) is 19.4. The van der Waals surface area contributed by atoms with Crippen molar-refractivity contribution in [2.24, 2.45) is 0 Å². The van der Waals surface area contributed by atoms with E-state index in [0.717, 1.165) is 11.1 Å². The molecule has 0 aliphatic rings. The normalized spacial score (nSPS) is 10.4. The average Bonchev–Trinajstić information content (AvgIpc) is 3.13. The van der Waals surface area contributed by atoms with E-state index in [1.54, 1.807) is 25.2 Å². The third-order valence-corrected chi connectivity index (χ3v) is 4.24. The van der Waals surface area contributed by atoms with Crippen LogP contribution < -0.4 is 5.32 Å². The number of nitrogens with one attached hydrogen (secondary N) is 1. The van der Waals surface area contributed by atoms with Crippen molar-refractivity contribution in [2.75, 3.05) is 13.6 Å². The van der Waals surface area contributed by atoms with Crippen LogP contribution in [0.3, 0.4) is 0 Å². The third-order valence-electron chi connectivity index (χ3n) is 4.24. The molecule has 0 spiro atoms. The van der Waals surface area contributed by atoms with Gasteiger partial charge in [-0.3, -0.25) is 14.4 Å². The molecule has 6 nitrogen and oxygen atoms in total. The minimum atomic E-state index is -0.280. The van der Waals surface area contributed by atoms with E-state index in [4.69, 9.17) is 4.42 Å². The molecule has 0 unspecified atom stereocenters. The first-order valence-corrected chi connectivity index (χ1v) is 8.50. The Bertz CT molecular complexity index is 781. The Hall–Kier alpha value is -2.89. The van der Waals surface area contributed by atoms with Gasteiger partial charge in [0.05, 0.1) is 19.4 Å². The van der Waals surface area contributed by atoms with E-state index in [0.29, 0.717) is 11.3 Å². The molecule has 6 heteroatoms. The molecule has 0 saturated heterocycles. The van der Waals surface area contributed by atoms with Crippen LogP contribution in [0.2, 0.25) is 0 Å². The number of hydrogen-bond donors (Lipinski definition) is 1. The number of carbonyl (C=O) groups is 3. The molecule has 0 fully saturated rings. The van der Waals surface area contributed by atoms with Crippen LogP contribution in [0.15, 0.2) is 41.0 Å². The van der Waals surface area contributed by atoms with E-state index >= 15 is 0 Å². The molecule has 0 bridgehead atoms. The Morgan fingerprint density at radius 2 is 1.85 bits per heavy atom. The summed E-state index contributed by atoms with van der Waals surface area (Å²) in [7, 11) is 1.55. The van der Waals surface area contributed by atoms with Gasteiger partial charge >= 0.3 is 0 Å². The first-order chi connectivity index (χ1) is 12.4. The molecule has 0 radical (unpaired) electrons. The molecule has 1 heterocycles.